The van der Waals surface area contributed by atoms with Gasteiger partial charge in [-0.05, 0) is 55.6 Å². The van der Waals surface area contributed by atoms with Gasteiger partial charge in [-0.25, -0.2) is 0 Å². The lowest BCUT2D eigenvalue weighted by molar-refractivity contribution is -0.133. The number of hydrogen-bond donors (Lipinski definition) is 1. The molecule has 1 aromatic rings. The first-order chi connectivity index (χ1) is 13.6. The van der Waals surface area contributed by atoms with E-state index in [2.05, 4.69) is 9.88 Å². The lowest BCUT2D eigenvalue weighted by Gasteiger charge is -2.38. The molecule has 0 unspecified atom stereocenters. The summed E-state index contributed by atoms with van der Waals surface area (Å²) in [5, 5.41) is 9.67. The molecule has 6 heteroatoms. The number of nitrogens with zero attached hydrogens (tertiary/aromatic N) is 3. The fourth-order valence-corrected chi connectivity index (χ4v) is 4.94. The number of likely N-dealkylation sites (tertiary alicyclic amines) is 2. The van der Waals surface area contributed by atoms with Crippen LogP contribution in [0.25, 0.3) is 0 Å². The fraction of sp³-hybridized carbons (Fsp3) is 0.727. The average molecular weight is 388 g/mol. The number of carbonyl (C=O) groups is 1. The minimum Gasteiger partial charge on any atom is -0.393 e. The molecule has 0 radical (unpaired) electrons. The Bertz CT molecular complexity index is 638. The van der Waals surface area contributed by atoms with Crippen molar-refractivity contribution in [2.45, 2.75) is 57.2 Å². The molecule has 1 N–H and O–H groups in total. The van der Waals surface area contributed by atoms with Crippen molar-refractivity contribution < 1.29 is 14.6 Å². The maximum absolute atomic E-state index is 12.6. The second-order valence-corrected chi connectivity index (χ2v) is 8.91. The largest absolute Gasteiger partial charge is 0.393 e. The zero-order valence-electron chi connectivity index (χ0n) is 16.8. The standard InChI is InChI=1S/C22H33N3O3/c26-19-5-10-24(11-6-19)16-20-14-22(17-28-20)7-12-25(13-8-22)21(27)4-3-18-2-1-9-23-15-18/h1-2,9,15,19-20,26H,3-8,10-14,16-17H2/t20-/m0/s1. The predicted octanol–water partition coefficient (Wildman–Crippen LogP) is 1.87. The first kappa shape index (κ1) is 19.8. The molecule has 3 saturated heterocycles. The number of ether oxygens (including phenoxy) is 1. The van der Waals surface area contributed by atoms with Crippen molar-refractivity contribution >= 4 is 5.91 Å². The molecule has 1 spiro atoms. The summed E-state index contributed by atoms with van der Waals surface area (Å²) in [6.45, 7) is 5.50. The van der Waals surface area contributed by atoms with Crippen molar-refractivity contribution in [3.8, 4) is 0 Å². The molecule has 0 bridgehead atoms. The Labute approximate surface area is 167 Å². The van der Waals surface area contributed by atoms with Gasteiger partial charge in [0.2, 0.25) is 5.91 Å². The van der Waals surface area contributed by atoms with E-state index in [0.29, 0.717) is 12.5 Å². The van der Waals surface area contributed by atoms with Crippen LogP contribution in [0.4, 0.5) is 0 Å². The van der Waals surface area contributed by atoms with E-state index in [4.69, 9.17) is 4.74 Å². The van der Waals surface area contributed by atoms with Crippen LogP contribution in [0, 0.1) is 5.41 Å². The molecule has 3 fully saturated rings. The molecule has 4 rings (SSSR count). The second-order valence-electron chi connectivity index (χ2n) is 8.91. The Morgan fingerprint density at radius 1 is 1.25 bits per heavy atom. The van der Waals surface area contributed by atoms with Crippen LogP contribution in [0.3, 0.4) is 0 Å². The van der Waals surface area contributed by atoms with Gasteiger partial charge < -0.3 is 19.6 Å². The van der Waals surface area contributed by atoms with Crippen LogP contribution in [0.2, 0.25) is 0 Å². The Kier molecular flexibility index (Phi) is 6.28. The Morgan fingerprint density at radius 2 is 2.04 bits per heavy atom. The molecule has 0 saturated carbocycles. The predicted molar refractivity (Wildman–Crippen MR) is 107 cm³/mol. The van der Waals surface area contributed by atoms with Gasteiger partial charge in [-0.2, -0.15) is 0 Å². The molecule has 0 aromatic carbocycles. The molecule has 4 heterocycles. The van der Waals surface area contributed by atoms with Gasteiger partial charge in [0.15, 0.2) is 0 Å². The third-order valence-electron chi connectivity index (χ3n) is 6.83. The van der Waals surface area contributed by atoms with Crippen LogP contribution in [0.15, 0.2) is 24.5 Å². The Morgan fingerprint density at radius 3 is 2.75 bits per heavy atom. The highest BCUT2D eigenvalue weighted by atomic mass is 16.5. The van der Waals surface area contributed by atoms with Gasteiger partial charge in [0, 0.05) is 51.5 Å². The number of piperidine rings is 2. The smallest absolute Gasteiger partial charge is 0.222 e. The highest BCUT2D eigenvalue weighted by Crippen LogP contribution is 2.42. The maximum atomic E-state index is 12.6. The van der Waals surface area contributed by atoms with Crippen LogP contribution < -0.4 is 0 Å². The molecular weight excluding hydrogens is 354 g/mol. The number of rotatable bonds is 5. The van der Waals surface area contributed by atoms with Crippen LogP contribution >= 0.6 is 0 Å². The van der Waals surface area contributed by atoms with E-state index in [0.717, 1.165) is 83.4 Å². The maximum Gasteiger partial charge on any atom is 0.222 e. The van der Waals surface area contributed by atoms with E-state index in [-0.39, 0.29) is 17.4 Å². The number of aliphatic hydroxyl groups is 1. The third kappa shape index (κ3) is 4.91. The summed E-state index contributed by atoms with van der Waals surface area (Å²) in [7, 11) is 0. The number of carbonyl (C=O) groups excluding carboxylic acids is 1. The topological polar surface area (TPSA) is 65.9 Å². The summed E-state index contributed by atoms with van der Waals surface area (Å²) in [6.07, 6.45) is 10.1. The van der Waals surface area contributed by atoms with Crippen molar-refractivity contribution in [3.63, 3.8) is 0 Å². The van der Waals surface area contributed by atoms with Crippen molar-refractivity contribution in [1.82, 2.24) is 14.8 Å². The van der Waals surface area contributed by atoms with Gasteiger partial charge in [0.25, 0.3) is 0 Å². The highest BCUT2D eigenvalue weighted by molar-refractivity contribution is 5.76. The van der Waals surface area contributed by atoms with Gasteiger partial charge >= 0.3 is 0 Å². The second kappa shape index (κ2) is 8.89. The third-order valence-corrected chi connectivity index (χ3v) is 6.83. The van der Waals surface area contributed by atoms with E-state index >= 15 is 0 Å². The summed E-state index contributed by atoms with van der Waals surface area (Å²) in [6, 6.07) is 3.96. The lowest BCUT2D eigenvalue weighted by atomic mass is 9.76. The summed E-state index contributed by atoms with van der Waals surface area (Å²) in [5.41, 5.74) is 1.39. The van der Waals surface area contributed by atoms with Gasteiger partial charge in [-0.15, -0.1) is 0 Å². The van der Waals surface area contributed by atoms with Gasteiger partial charge in [-0.1, -0.05) is 6.07 Å². The van der Waals surface area contributed by atoms with Crippen molar-refractivity contribution in [1.29, 1.82) is 0 Å². The SMILES string of the molecule is O=C(CCc1cccnc1)N1CCC2(CC1)CO[C@H](CN1CCC(O)CC1)C2. The number of pyridine rings is 1. The van der Waals surface area contributed by atoms with E-state index < -0.39 is 0 Å². The highest BCUT2D eigenvalue weighted by Gasteiger charge is 2.43. The quantitative estimate of drug-likeness (QED) is 0.836. The first-order valence-electron chi connectivity index (χ1n) is 10.8. The number of aryl methyl sites for hydroxylation is 1. The van der Waals surface area contributed by atoms with Crippen LogP contribution in [0.5, 0.6) is 0 Å². The molecule has 1 amide bonds. The average Bonchev–Trinajstić information content (AvgIpc) is 3.11. The first-order valence-corrected chi connectivity index (χ1v) is 10.8. The normalized spacial score (nSPS) is 26.0. The van der Waals surface area contributed by atoms with Crippen molar-refractivity contribution in [2.24, 2.45) is 5.41 Å². The van der Waals surface area contributed by atoms with E-state index in [1.54, 1.807) is 6.20 Å². The van der Waals surface area contributed by atoms with E-state index in [9.17, 15) is 9.90 Å². The number of aromatic nitrogens is 1. The van der Waals surface area contributed by atoms with Crippen LogP contribution in [0.1, 0.15) is 44.1 Å². The van der Waals surface area contributed by atoms with Gasteiger partial charge in [0.05, 0.1) is 18.8 Å². The molecule has 3 aliphatic heterocycles. The molecule has 154 valence electrons. The lowest BCUT2D eigenvalue weighted by Crippen LogP contribution is -2.44. The minimum atomic E-state index is -0.118. The summed E-state index contributed by atoms with van der Waals surface area (Å²) in [5.74, 6) is 0.265. The van der Waals surface area contributed by atoms with Crippen LogP contribution in [-0.2, 0) is 16.0 Å². The van der Waals surface area contributed by atoms with Crippen molar-refractivity contribution in [2.75, 3.05) is 39.3 Å². The minimum absolute atomic E-state index is 0.118. The monoisotopic (exact) mass is 387 g/mol. The van der Waals surface area contributed by atoms with Crippen LogP contribution in [-0.4, -0.2) is 77.3 Å². The summed E-state index contributed by atoms with van der Waals surface area (Å²) < 4.78 is 6.16. The number of amides is 1. The molecule has 1 atom stereocenters. The fourth-order valence-electron chi connectivity index (χ4n) is 4.94. The molecular formula is C22H33N3O3. The number of hydrogen-bond acceptors (Lipinski definition) is 5. The Balaban J connectivity index is 1.20. The molecule has 0 aliphatic carbocycles. The van der Waals surface area contributed by atoms with Gasteiger partial charge in [0.1, 0.15) is 0 Å². The molecule has 3 aliphatic rings. The molecule has 28 heavy (non-hydrogen) atoms. The Hall–Kier alpha value is -1.50. The van der Waals surface area contributed by atoms with E-state index in [1.165, 1.54) is 0 Å². The van der Waals surface area contributed by atoms with Gasteiger partial charge in [-0.3, -0.25) is 9.78 Å². The van der Waals surface area contributed by atoms with E-state index in [1.807, 2.05) is 23.2 Å². The zero-order valence-corrected chi connectivity index (χ0v) is 16.8. The summed E-state index contributed by atoms with van der Waals surface area (Å²) in [4.78, 5) is 21.2. The van der Waals surface area contributed by atoms with Crippen molar-refractivity contribution in [3.05, 3.63) is 30.1 Å². The number of aliphatic hydroxyl groups excluding tert-OH is 1. The molecule has 6 nitrogen and oxygen atoms in total. The zero-order chi connectivity index (χ0) is 19.4. The molecule has 1 aromatic heterocycles. The summed E-state index contributed by atoms with van der Waals surface area (Å²) >= 11 is 0.